The SMILES string of the molecule is Cc1cc(C[C@H](NC(=O)OCc2ccccc2)C(=O)OCc2ccccc2)ccc1OP(=O)=O. The lowest BCUT2D eigenvalue weighted by atomic mass is 10.0. The zero-order chi connectivity index (χ0) is 24.3. The Hall–Kier alpha value is -3.90. The molecule has 0 saturated carbocycles. The molecule has 0 aliphatic rings. The summed E-state index contributed by atoms with van der Waals surface area (Å²) in [6, 6.07) is 22.1. The summed E-state index contributed by atoms with van der Waals surface area (Å²) in [4.78, 5) is 25.2. The second kappa shape index (κ2) is 12.4. The van der Waals surface area contributed by atoms with E-state index in [1.54, 1.807) is 19.1 Å². The van der Waals surface area contributed by atoms with Crippen LogP contribution >= 0.6 is 7.91 Å². The third-order valence-electron chi connectivity index (χ3n) is 4.87. The molecule has 1 N–H and O–H groups in total. The molecule has 0 unspecified atom stereocenters. The fourth-order valence-corrected chi connectivity index (χ4v) is 3.55. The van der Waals surface area contributed by atoms with Gasteiger partial charge in [0.05, 0.1) is 0 Å². The topological polar surface area (TPSA) is 108 Å². The van der Waals surface area contributed by atoms with Gasteiger partial charge in [-0.3, -0.25) is 0 Å². The van der Waals surface area contributed by atoms with Crippen LogP contribution in [0, 0.1) is 6.92 Å². The average molecular weight is 481 g/mol. The van der Waals surface area contributed by atoms with Crippen molar-refractivity contribution in [1.82, 2.24) is 5.32 Å². The van der Waals surface area contributed by atoms with Crippen LogP contribution in [0.15, 0.2) is 78.9 Å². The van der Waals surface area contributed by atoms with E-state index >= 15 is 0 Å². The molecule has 1 atom stereocenters. The van der Waals surface area contributed by atoms with Gasteiger partial charge in [0, 0.05) is 6.42 Å². The molecule has 3 aromatic carbocycles. The maximum Gasteiger partial charge on any atom is 0.529 e. The van der Waals surface area contributed by atoms with Crippen molar-refractivity contribution in [3.63, 3.8) is 0 Å². The highest BCUT2D eigenvalue weighted by atomic mass is 31.1. The van der Waals surface area contributed by atoms with Crippen LogP contribution in [0.3, 0.4) is 0 Å². The summed E-state index contributed by atoms with van der Waals surface area (Å²) >= 11 is 0. The predicted octanol–water partition coefficient (Wildman–Crippen LogP) is 5.04. The Bertz CT molecular complexity index is 1170. The van der Waals surface area contributed by atoms with Crippen molar-refractivity contribution < 1.29 is 32.7 Å². The molecule has 9 heteroatoms. The largest absolute Gasteiger partial charge is 0.529 e. The Morgan fingerprint density at radius 3 is 1.97 bits per heavy atom. The van der Waals surface area contributed by atoms with Crippen molar-refractivity contribution in [2.75, 3.05) is 0 Å². The highest BCUT2D eigenvalue weighted by Crippen LogP contribution is 2.25. The number of esters is 1. The highest BCUT2D eigenvalue weighted by Gasteiger charge is 2.24. The number of benzene rings is 3. The van der Waals surface area contributed by atoms with Gasteiger partial charge in [-0.2, -0.15) is 9.13 Å². The van der Waals surface area contributed by atoms with Gasteiger partial charge in [0.25, 0.3) is 0 Å². The molecule has 3 rings (SSSR count). The predicted molar refractivity (Wildman–Crippen MR) is 124 cm³/mol. The van der Waals surface area contributed by atoms with Gasteiger partial charge in [-0.15, -0.1) is 0 Å². The van der Waals surface area contributed by atoms with E-state index in [4.69, 9.17) is 14.0 Å². The zero-order valence-corrected chi connectivity index (χ0v) is 19.4. The van der Waals surface area contributed by atoms with Crippen molar-refractivity contribution >= 4 is 20.0 Å². The minimum atomic E-state index is -3.04. The number of ether oxygens (including phenoxy) is 2. The molecule has 0 bridgehead atoms. The summed E-state index contributed by atoms with van der Waals surface area (Å²) in [5.41, 5.74) is 2.87. The third kappa shape index (κ3) is 7.90. The first-order chi connectivity index (χ1) is 16.4. The number of nitrogens with one attached hydrogen (secondary N) is 1. The lowest BCUT2D eigenvalue weighted by Gasteiger charge is -2.18. The fraction of sp³-hybridized carbons (Fsp3) is 0.200. The first kappa shape index (κ1) is 24.7. The molecule has 0 spiro atoms. The summed E-state index contributed by atoms with van der Waals surface area (Å²) < 4.78 is 37.1. The molecule has 0 fully saturated rings. The molecular weight excluding hydrogens is 457 g/mol. The van der Waals surface area contributed by atoms with E-state index in [0.29, 0.717) is 11.1 Å². The van der Waals surface area contributed by atoms with E-state index in [2.05, 4.69) is 5.32 Å². The third-order valence-corrected chi connectivity index (χ3v) is 5.21. The summed E-state index contributed by atoms with van der Waals surface area (Å²) in [6.07, 6.45) is -0.649. The Kier molecular flexibility index (Phi) is 9.00. The van der Waals surface area contributed by atoms with Crippen molar-refractivity contribution in [2.45, 2.75) is 32.6 Å². The van der Waals surface area contributed by atoms with Crippen molar-refractivity contribution in [1.29, 1.82) is 0 Å². The Morgan fingerprint density at radius 1 is 0.824 bits per heavy atom. The number of alkyl carbamates (subject to hydrolysis) is 1. The quantitative estimate of drug-likeness (QED) is 0.319. The van der Waals surface area contributed by atoms with Gasteiger partial charge < -0.3 is 19.3 Å². The molecule has 0 aliphatic carbocycles. The highest BCUT2D eigenvalue weighted by molar-refractivity contribution is 7.25. The van der Waals surface area contributed by atoms with Crippen LogP contribution in [0.1, 0.15) is 22.3 Å². The van der Waals surface area contributed by atoms with Gasteiger partial charge in [0.1, 0.15) is 25.0 Å². The second-order valence-corrected chi connectivity index (χ2v) is 8.10. The van der Waals surface area contributed by atoms with E-state index in [1.807, 2.05) is 60.7 Å². The van der Waals surface area contributed by atoms with Gasteiger partial charge in [-0.1, -0.05) is 72.8 Å². The first-order valence-corrected chi connectivity index (χ1v) is 11.6. The van der Waals surface area contributed by atoms with Gasteiger partial charge in [0.15, 0.2) is 0 Å². The van der Waals surface area contributed by atoms with E-state index in [-0.39, 0.29) is 25.4 Å². The van der Waals surface area contributed by atoms with Gasteiger partial charge in [0.2, 0.25) is 0 Å². The Labute approximate surface area is 197 Å². The summed E-state index contributed by atoms with van der Waals surface area (Å²) in [5, 5.41) is 2.57. The molecule has 0 saturated heterocycles. The lowest BCUT2D eigenvalue weighted by molar-refractivity contribution is -0.147. The molecule has 3 aromatic rings. The average Bonchev–Trinajstić information content (AvgIpc) is 2.83. The number of rotatable bonds is 10. The number of hydrogen-bond donors (Lipinski definition) is 1. The number of hydrogen-bond acceptors (Lipinski definition) is 7. The van der Waals surface area contributed by atoms with Crippen LogP contribution in [-0.2, 0) is 43.0 Å². The van der Waals surface area contributed by atoms with Crippen LogP contribution in [0.25, 0.3) is 0 Å². The van der Waals surface area contributed by atoms with E-state index in [1.165, 1.54) is 6.07 Å². The molecule has 34 heavy (non-hydrogen) atoms. The van der Waals surface area contributed by atoms with Crippen LogP contribution in [0.4, 0.5) is 4.79 Å². The maximum atomic E-state index is 12.8. The second-order valence-electron chi connectivity index (χ2n) is 7.47. The fourth-order valence-electron chi connectivity index (χ4n) is 3.19. The number of amides is 1. The van der Waals surface area contributed by atoms with Gasteiger partial charge >= 0.3 is 20.0 Å². The van der Waals surface area contributed by atoms with E-state index < -0.39 is 26.0 Å². The summed E-state index contributed by atoms with van der Waals surface area (Å²) in [6.45, 7) is 1.79. The van der Waals surface area contributed by atoms with Crippen LogP contribution in [-0.4, -0.2) is 18.1 Å². The van der Waals surface area contributed by atoms with Gasteiger partial charge in [-0.05, 0) is 35.2 Å². The molecule has 176 valence electrons. The molecular formula is C25H24NO7P. The van der Waals surface area contributed by atoms with Crippen LogP contribution < -0.4 is 9.84 Å². The number of aryl methyl sites for hydroxylation is 1. The Morgan fingerprint density at radius 2 is 1.41 bits per heavy atom. The van der Waals surface area contributed by atoms with E-state index in [0.717, 1.165) is 11.1 Å². The summed E-state index contributed by atoms with van der Waals surface area (Å²) in [5.74, 6) is -0.431. The minimum absolute atomic E-state index is 0.0526. The molecule has 0 aliphatic heterocycles. The molecule has 0 aromatic heterocycles. The van der Waals surface area contributed by atoms with E-state index in [9.17, 15) is 18.7 Å². The molecule has 0 radical (unpaired) electrons. The summed E-state index contributed by atoms with van der Waals surface area (Å²) in [7, 11) is -3.04. The standard InChI is InChI=1S/C25H24NO7P/c1-18-14-21(12-13-23(18)33-34(29)30)15-22(24(27)31-16-19-8-4-2-5-9-19)26-25(28)32-17-20-10-6-3-7-11-20/h2-14,22H,15-17H2,1H3,(H,26,28)/t22-/m0/s1. The van der Waals surface area contributed by atoms with Gasteiger partial charge in [-0.25, -0.2) is 9.59 Å². The first-order valence-electron chi connectivity index (χ1n) is 10.5. The van der Waals surface area contributed by atoms with Crippen molar-refractivity contribution in [3.05, 3.63) is 101 Å². The molecule has 0 heterocycles. The normalized spacial score (nSPS) is 11.2. The number of carbonyl (C=O) groups is 2. The Balaban J connectivity index is 1.69. The van der Waals surface area contributed by atoms with Crippen LogP contribution in [0.2, 0.25) is 0 Å². The number of carbonyl (C=O) groups excluding carboxylic acids is 2. The molecule has 1 amide bonds. The van der Waals surface area contributed by atoms with Crippen molar-refractivity contribution in [2.24, 2.45) is 0 Å². The lowest BCUT2D eigenvalue weighted by Crippen LogP contribution is -2.43. The zero-order valence-electron chi connectivity index (χ0n) is 18.5. The van der Waals surface area contributed by atoms with Crippen molar-refractivity contribution in [3.8, 4) is 5.75 Å². The maximum absolute atomic E-state index is 12.8. The monoisotopic (exact) mass is 481 g/mol. The van der Waals surface area contributed by atoms with Crippen LogP contribution in [0.5, 0.6) is 5.75 Å². The smallest absolute Gasteiger partial charge is 0.459 e. The minimum Gasteiger partial charge on any atom is -0.459 e. The molecule has 8 nitrogen and oxygen atoms in total.